The normalized spacial score (nSPS) is 11.7. The van der Waals surface area contributed by atoms with Gasteiger partial charge in [0.05, 0.1) is 18.4 Å². The van der Waals surface area contributed by atoms with Crippen molar-refractivity contribution in [1.82, 2.24) is 0 Å². The molecule has 0 saturated carbocycles. The Hall–Kier alpha value is -3.19. The van der Waals surface area contributed by atoms with Crippen molar-refractivity contribution in [2.75, 3.05) is 12.4 Å². The van der Waals surface area contributed by atoms with Crippen LogP contribution in [0.15, 0.2) is 48.5 Å². The molecule has 2 aromatic carbocycles. The van der Waals surface area contributed by atoms with Crippen LogP contribution in [0.5, 0.6) is 0 Å². The lowest BCUT2D eigenvalue weighted by Crippen LogP contribution is -2.29. The minimum absolute atomic E-state index is 0.0708. The lowest BCUT2D eigenvalue weighted by molar-refractivity contribution is -0.148. The SMILES string of the molecule is COC(=O)c1ccc(/C=C/C(=O)O[C@H](C)C(=O)Nc2ccc(Cl)cc2F)cc1. The van der Waals surface area contributed by atoms with Gasteiger partial charge >= 0.3 is 11.9 Å². The van der Waals surface area contributed by atoms with Gasteiger partial charge in [0.1, 0.15) is 5.82 Å². The second-order valence-corrected chi connectivity index (χ2v) is 6.08. The molecule has 28 heavy (non-hydrogen) atoms. The number of ether oxygens (including phenoxy) is 2. The number of anilines is 1. The van der Waals surface area contributed by atoms with Crippen molar-refractivity contribution in [3.05, 3.63) is 70.5 Å². The van der Waals surface area contributed by atoms with E-state index in [0.29, 0.717) is 11.1 Å². The Labute approximate surface area is 165 Å². The molecule has 2 aromatic rings. The summed E-state index contributed by atoms with van der Waals surface area (Å²) >= 11 is 5.65. The molecule has 0 aliphatic rings. The van der Waals surface area contributed by atoms with Crippen molar-refractivity contribution in [2.24, 2.45) is 0 Å². The van der Waals surface area contributed by atoms with Crippen LogP contribution in [-0.4, -0.2) is 31.1 Å². The smallest absolute Gasteiger partial charge is 0.337 e. The van der Waals surface area contributed by atoms with Crippen LogP contribution >= 0.6 is 11.6 Å². The van der Waals surface area contributed by atoms with E-state index in [-0.39, 0.29) is 10.7 Å². The molecule has 0 bridgehead atoms. The number of nitrogens with one attached hydrogen (secondary N) is 1. The van der Waals surface area contributed by atoms with Gasteiger partial charge < -0.3 is 14.8 Å². The monoisotopic (exact) mass is 405 g/mol. The molecule has 1 atom stereocenters. The third-order valence-corrected chi connectivity index (χ3v) is 3.83. The van der Waals surface area contributed by atoms with Gasteiger partial charge in [0.2, 0.25) is 0 Å². The number of hydrogen-bond acceptors (Lipinski definition) is 5. The summed E-state index contributed by atoms with van der Waals surface area (Å²) in [6.07, 6.45) is 1.46. The Kier molecular flexibility index (Phi) is 7.28. The highest BCUT2D eigenvalue weighted by Gasteiger charge is 2.18. The molecule has 0 fully saturated rings. The lowest BCUT2D eigenvalue weighted by Gasteiger charge is -2.13. The average Bonchev–Trinajstić information content (AvgIpc) is 2.68. The third-order valence-electron chi connectivity index (χ3n) is 3.59. The number of methoxy groups -OCH3 is 1. The first-order valence-electron chi connectivity index (χ1n) is 8.13. The van der Waals surface area contributed by atoms with Crippen molar-refractivity contribution in [1.29, 1.82) is 0 Å². The maximum atomic E-state index is 13.7. The number of halogens is 2. The molecule has 0 spiro atoms. The zero-order valence-corrected chi connectivity index (χ0v) is 15.8. The van der Waals surface area contributed by atoms with Gasteiger partial charge in [0.15, 0.2) is 6.10 Å². The van der Waals surface area contributed by atoms with Crippen molar-refractivity contribution in [3.63, 3.8) is 0 Å². The third kappa shape index (κ3) is 5.92. The van der Waals surface area contributed by atoms with Crippen molar-refractivity contribution >= 4 is 41.2 Å². The second kappa shape index (κ2) is 9.66. The highest BCUT2D eigenvalue weighted by atomic mass is 35.5. The van der Waals surface area contributed by atoms with Gasteiger partial charge in [-0.05, 0) is 48.9 Å². The van der Waals surface area contributed by atoms with Crippen LogP contribution in [0.2, 0.25) is 5.02 Å². The summed E-state index contributed by atoms with van der Waals surface area (Å²) in [6.45, 7) is 1.36. The van der Waals surface area contributed by atoms with E-state index in [1.54, 1.807) is 24.3 Å². The van der Waals surface area contributed by atoms with Gasteiger partial charge in [0.25, 0.3) is 5.91 Å². The molecule has 0 aliphatic carbocycles. The van der Waals surface area contributed by atoms with E-state index in [2.05, 4.69) is 10.1 Å². The van der Waals surface area contributed by atoms with E-state index in [0.717, 1.165) is 12.1 Å². The summed E-state index contributed by atoms with van der Waals surface area (Å²) in [5.41, 5.74) is 0.949. The molecule has 0 aliphatic heterocycles. The van der Waals surface area contributed by atoms with Gasteiger partial charge in [-0.25, -0.2) is 14.0 Å². The molecule has 0 aromatic heterocycles. The summed E-state index contributed by atoms with van der Waals surface area (Å²) in [4.78, 5) is 35.3. The van der Waals surface area contributed by atoms with Gasteiger partial charge in [-0.1, -0.05) is 23.7 Å². The average molecular weight is 406 g/mol. The molecule has 0 unspecified atom stereocenters. The van der Waals surface area contributed by atoms with E-state index in [9.17, 15) is 18.8 Å². The number of carbonyl (C=O) groups is 3. The fourth-order valence-electron chi connectivity index (χ4n) is 2.10. The van der Waals surface area contributed by atoms with E-state index in [4.69, 9.17) is 16.3 Å². The van der Waals surface area contributed by atoms with Crippen molar-refractivity contribution in [2.45, 2.75) is 13.0 Å². The van der Waals surface area contributed by atoms with E-state index < -0.39 is 29.8 Å². The number of esters is 2. The molecule has 8 heteroatoms. The highest BCUT2D eigenvalue weighted by molar-refractivity contribution is 6.30. The van der Waals surface area contributed by atoms with Crippen LogP contribution < -0.4 is 5.32 Å². The van der Waals surface area contributed by atoms with Gasteiger partial charge in [-0.15, -0.1) is 0 Å². The first-order valence-corrected chi connectivity index (χ1v) is 8.51. The van der Waals surface area contributed by atoms with Gasteiger partial charge in [0, 0.05) is 11.1 Å². The Morgan fingerprint density at radius 1 is 1.14 bits per heavy atom. The maximum absolute atomic E-state index is 13.7. The minimum atomic E-state index is -1.14. The molecule has 146 valence electrons. The van der Waals surface area contributed by atoms with Crippen LogP contribution in [0, 0.1) is 5.82 Å². The van der Waals surface area contributed by atoms with Crippen molar-refractivity contribution < 1.29 is 28.2 Å². The zero-order chi connectivity index (χ0) is 20.7. The zero-order valence-electron chi connectivity index (χ0n) is 15.1. The Morgan fingerprint density at radius 2 is 1.82 bits per heavy atom. The molecule has 0 saturated heterocycles. The molecular formula is C20H17ClFNO5. The van der Waals surface area contributed by atoms with Gasteiger partial charge in [-0.2, -0.15) is 0 Å². The summed E-state index contributed by atoms with van der Waals surface area (Å²) < 4.78 is 23.3. The van der Waals surface area contributed by atoms with Crippen LogP contribution in [0.3, 0.4) is 0 Å². The van der Waals surface area contributed by atoms with Crippen molar-refractivity contribution in [3.8, 4) is 0 Å². The number of carbonyl (C=O) groups excluding carboxylic acids is 3. The summed E-state index contributed by atoms with van der Waals surface area (Å²) in [5.74, 6) is -2.61. The molecule has 0 radical (unpaired) electrons. The standard InChI is InChI=1S/C20H17ClFNO5/c1-12(19(25)23-17-9-8-15(21)11-16(17)22)28-18(24)10-5-13-3-6-14(7-4-13)20(26)27-2/h3-12H,1-2H3,(H,23,25)/b10-5+/t12-/m1/s1. The Morgan fingerprint density at radius 3 is 2.43 bits per heavy atom. The summed E-state index contributed by atoms with van der Waals surface area (Å²) in [5, 5.41) is 2.52. The van der Waals surface area contributed by atoms with Crippen LogP contribution in [0.4, 0.5) is 10.1 Å². The predicted molar refractivity (Wildman–Crippen MR) is 102 cm³/mol. The van der Waals surface area contributed by atoms with E-state index in [1.165, 1.54) is 32.2 Å². The molecule has 6 nitrogen and oxygen atoms in total. The lowest BCUT2D eigenvalue weighted by atomic mass is 10.1. The molecule has 0 heterocycles. The summed E-state index contributed by atoms with van der Waals surface area (Å²) in [6, 6.07) is 10.1. The Balaban J connectivity index is 1.91. The number of rotatable bonds is 6. The maximum Gasteiger partial charge on any atom is 0.337 e. The topological polar surface area (TPSA) is 81.7 Å². The Bertz CT molecular complexity index is 911. The molecular weight excluding hydrogens is 389 g/mol. The van der Waals surface area contributed by atoms with Crippen LogP contribution in [0.25, 0.3) is 6.08 Å². The minimum Gasteiger partial charge on any atom is -0.465 e. The van der Waals surface area contributed by atoms with Crippen LogP contribution in [-0.2, 0) is 19.1 Å². The van der Waals surface area contributed by atoms with E-state index >= 15 is 0 Å². The van der Waals surface area contributed by atoms with E-state index in [1.807, 2.05) is 0 Å². The van der Waals surface area contributed by atoms with Crippen LogP contribution in [0.1, 0.15) is 22.8 Å². The molecule has 2 rings (SSSR count). The number of hydrogen-bond donors (Lipinski definition) is 1. The second-order valence-electron chi connectivity index (χ2n) is 5.64. The molecule has 1 N–H and O–H groups in total. The molecule has 1 amide bonds. The van der Waals surface area contributed by atoms with Gasteiger partial charge in [-0.3, -0.25) is 4.79 Å². The summed E-state index contributed by atoms with van der Waals surface area (Å²) in [7, 11) is 1.28. The fraction of sp³-hybridized carbons (Fsp3) is 0.150. The fourth-order valence-corrected chi connectivity index (χ4v) is 2.26. The number of amides is 1. The number of benzene rings is 2. The quantitative estimate of drug-likeness (QED) is 0.583. The first-order chi connectivity index (χ1) is 13.3. The predicted octanol–water partition coefficient (Wildman–Crippen LogP) is 3.85. The largest absolute Gasteiger partial charge is 0.465 e. The highest BCUT2D eigenvalue weighted by Crippen LogP contribution is 2.19. The first kappa shape index (κ1) is 21.1.